The number of likely N-dealkylation sites (N-methyl/N-ethyl adjacent to an activating group) is 1. The monoisotopic (exact) mass is 379 g/mol. The van der Waals surface area contributed by atoms with E-state index >= 15 is 0 Å². The maximum atomic E-state index is 12.8. The minimum atomic E-state index is -0.0995. The lowest BCUT2D eigenvalue weighted by molar-refractivity contribution is -0.120. The third-order valence-electron chi connectivity index (χ3n) is 5.52. The lowest BCUT2D eigenvalue weighted by atomic mass is 9.90. The molecule has 1 fully saturated rings. The molecule has 2 aliphatic rings. The summed E-state index contributed by atoms with van der Waals surface area (Å²) in [5, 5.41) is 2.97. The molecule has 0 unspecified atom stereocenters. The lowest BCUT2D eigenvalue weighted by Gasteiger charge is -2.33. The van der Waals surface area contributed by atoms with Gasteiger partial charge in [0.15, 0.2) is 6.61 Å². The Labute approximate surface area is 165 Å². The summed E-state index contributed by atoms with van der Waals surface area (Å²) in [6.07, 6.45) is 2.09. The number of fused-ring (bicyclic) bond motifs is 1. The molecule has 6 heteroatoms. The number of piperidine rings is 1. The summed E-state index contributed by atoms with van der Waals surface area (Å²) in [5.41, 5.74) is 3.93. The fourth-order valence-electron chi connectivity index (χ4n) is 3.92. The number of hydrogen-bond donors (Lipinski definition) is 1. The molecule has 0 aliphatic carbocycles. The number of rotatable bonds is 2. The molecule has 0 bridgehead atoms. The fraction of sp³-hybridized carbons (Fsp3) is 0.364. The van der Waals surface area contributed by atoms with Crippen molar-refractivity contribution in [1.82, 2.24) is 4.90 Å². The van der Waals surface area contributed by atoms with E-state index in [0.29, 0.717) is 29.6 Å². The highest BCUT2D eigenvalue weighted by atomic mass is 16.5. The third kappa shape index (κ3) is 3.67. The Morgan fingerprint density at radius 1 is 1.21 bits per heavy atom. The number of ether oxygens (including phenoxy) is 1. The van der Waals surface area contributed by atoms with E-state index in [1.807, 2.05) is 4.90 Å². The molecule has 0 spiro atoms. The lowest BCUT2D eigenvalue weighted by Crippen LogP contribution is -2.41. The first-order valence-electron chi connectivity index (χ1n) is 9.67. The number of anilines is 2. The van der Waals surface area contributed by atoms with Gasteiger partial charge < -0.3 is 19.9 Å². The summed E-state index contributed by atoms with van der Waals surface area (Å²) in [4.78, 5) is 28.0. The summed E-state index contributed by atoms with van der Waals surface area (Å²) < 4.78 is 5.50. The van der Waals surface area contributed by atoms with Crippen LogP contribution in [0.15, 0.2) is 42.5 Å². The van der Waals surface area contributed by atoms with Crippen LogP contribution in [0.3, 0.4) is 0 Å². The van der Waals surface area contributed by atoms with Crippen LogP contribution in [0.2, 0.25) is 0 Å². The molecule has 0 saturated carbocycles. The number of nitrogens with one attached hydrogen (secondary N) is 1. The van der Waals surface area contributed by atoms with Crippen LogP contribution in [-0.4, -0.2) is 43.6 Å². The Morgan fingerprint density at radius 2 is 2.07 bits per heavy atom. The van der Waals surface area contributed by atoms with Gasteiger partial charge in [0.2, 0.25) is 0 Å². The van der Waals surface area contributed by atoms with Crippen molar-refractivity contribution in [2.45, 2.75) is 25.7 Å². The van der Waals surface area contributed by atoms with Gasteiger partial charge >= 0.3 is 6.03 Å². The molecule has 2 aromatic rings. The van der Waals surface area contributed by atoms with Crippen molar-refractivity contribution >= 4 is 23.3 Å². The van der Waals surface area contributed by atoms with Crippen LogP contribution in [0.25, 0.3) is 0 Å². The van der Waals surface area contributed by atoms with Crippen LogP contribution in [0.4, 0.5) is 16.2 Å². The zero-order chi connectivity index (χ0) is 19.7. The van der Waals surface area contributed by atoms with Crippen molar-refractivity contribution in [3.8, 4) is 5.75 Å². The number of nitrogens with zero attached hydrogens (tertiary/aromatic N) is 2. The van der Waals surface area contributed by atoms with Gasteiger partial charge in [0.1, 0.15) is 5.75 Å². The number of aryl methyl sites for hydroxylation is 1. The van der Waals surface area contributed by atoms with Gasteiger partial charge in [0.25, 0.3) is 5.91 Å². The minimum Gasteiger partial charge on any atom is -0.481 e. The van der Waals surface area contributed by atoms with Crippen LogP contribution in [-0.2, 0) is 4.79 Å². The summed E-state index contributed by atoms with van der Waals surface area (Å²) >= 11 is 0. The topological polar surface area (TPSA) is 61.9 Å². The Kier molecular flexibility index (Phi) is 4.94. The van der Waals surface area contributed by atoms with Crippen LogP contribution in [0, 0.1) is 6.92 Å². The molecular formula is C22H25N3O3. The van der Waals surface area contributed by atoms with Gasteiger partial charge in [0, 0.05) is 37.8 Å². The Bertz CT molecular complexity index is 912. The largest absolute Gasteiger partial charge is 0.481 e. The van der Waals surface area contributed by atoms with E-state index in [1.54, 1.807) is 30.1 Å². The van der Waals surface area contributed by atoms with Crippen molar-refractivity contribution in [3.63, 3.8) is 0 Å². The fourth-order valence-corrected chi connectivity index (χ4v) is 3.92. The molecule has 3 amide bonds. The molecule has 1 N–H and O–H groups in total. The quantitative estimate of drug-likeness (QED) is 0.864. The zero-order valence-electron chi connectivity index (χ0n) is 16.3. The molecule has 28 heavy (non-hydrogen) atoms. The van der Waals surface area contributed by atoms with E-state index in [0.717, 1.165) is 19.4 Å². The van der Waals surface area contributed by atoms with E-state index in [1.165, 1.54) is 11.1 Å². The van der Waals surface area contributed by atoms with Gasteiger partial charge in [-0.2, -0.15) is 0 Å². The second-order valence-electron chi connectivity index (χ2n) is 7.55. The number of hydrogen-bond acceptors (Lipinski definition) is 3. The van der Waals surface area contributed by atoms with E-state index in [2.05, 4.69) is 36.5 Å². The first kappa shape index (κ1) is 18.3. The number of carbonyl (C=O) groups excluding carboxylic acids is 2. The predicted octanol–water partition coefficient (Wildman–Crippen LogP) is 3.76. The minimum absolute atomic E-state index is 0.0190. The van der Waals surface area contributed by atoms with Crippen molar-refractivity contribution in [2.75, 3.05) is 37.0 Å². The zero-order valence-corrected chi connectivity index (χ0v) is 16.3. The molecule has 4 rings (SSSR count). The molecule has 0 aromatic heterocycles. The Hall–Kier alpha value is -3.02. The van der Waals surface area contributed by atoms with Crippen LogP contribution in [0.1, 0.15) is 29.9 Å². The average molecular weight is 379 g/mol. The number of benzene rings is 2. The molecule has 2 heterocycles. The van der Waals surface area contributed by atoms with Crippen LogP contribution >= 0.6 is 0 Å². The molecule has 0 radical (unpaired) electrons. The van der Waals surface area contributed by atoms with Gasteiger partial charge in [0.05, 0.1) is 5.69 Å². The highest BCUT2D eigenvalue weighted by Crippen LogP contribution is 2.34. The normalized spacial score (nSPS) is 19.1. The summed E-state index contributed by atoms with van der Waals surface area (Å²) in [5.74, 6) is 0.891. The first-order chi connectivity index (χ1) is 13.5. The molecular weight excluding hydrogens is 354 g/mol. The molecule has 1 atom stereocenters. The molecule has 146 valence electrons. The summed E-state index contributed by atoms with van der Waals surface area (Å²) in [6.45, 7) is 3.59. The standard InChI is InChI=1S/C22H25N3O3/c1-15-5-3-6-16(11-15)17-7-4-10-25(13-17)22(27)23-18-8-9-19-20(12-18)28-14-21(26)24(19)2/h3,5-6,8-9,11-12,17H,4,7,10,13-14H2,1-2H3,(H,23,27)/t17-/m1/s1. The SMILES string of the molecule is Cc1cccc([C@@H]2CCCN(C(=O)Nc3ccc4c(c3)OCC(=O)N4C)C2)c1. The highest BCUT2D eigenvalue weighted by Gasteiger charge is 2.26. The number of carbonyl (C=O) groups is 2. The Balaban J connectivity index is 1.44. The molecule has 2 aromatic carbocycles. The Morgan fingerprint density at radius 3 is 2.89 bits per heavy atom. The second-order valence-corrected chi connectivity index (χ2v) is 7.55. The van der Waals surface area contributed by atoms with Crippen molar-refractivity contribution in [2.24, 2.45) is 0 Å². The maximum absolute atomic E-state index is 12.8. The summed E-state index contributed by atoms with van der Waals surface area (Å²) in [7, 11) is 1.72. The van der Waals surface area contributed by atoms with E-state index in [-0.39, 0.29) is 18.5 Å². The first-order valence-corrected chi connectivity index (χ1v) is 9.67. The van der Waals surface area contributed by atoms with Crippen molar-refractivity contribution in [3.05, 3.63) is 53.6 Å². The maximum Gasteiger partial charge on any atom is 0.321 e. The number of likely N-dealkylation sites (tertiary alicyclic amines) is 1. The smallest absolute Gasteiger partial charge is 0.321 e. The third-order valence-corrected chi connectivity index (χ3v) is 5.52. The molecule has 6 nitrogen and oxygen atoms in total. The van der Waals surface area contributed by atoms with E-state index in [9.17, 15) is 9.59 Å². The van der Waals surface area contributed by atoms with Gasteiger partial charge in [-0.15, -0.1) is 0 Å². The van der Waals surface area contributed by atoms with Gasteiger partial charge in [-0.1, -0.05) is 29.8 Å². The second kappa shape index (κ2) is 7.54. The van der Waals surface area contributed by atoms with Gasteiger partial charge in [-0.3, -0.25) is 4.79 Å². The molecule has 2 aliphatic heterocycles. The number of amides is 3. The van der Waals surface area contributed by atoms with Crippen LogP contribution in [0.5, 0.6) is 5.75 Å². The van der Waals surface area contributed by atoms with Crippen LogP contribution < -0.4 is 15.0 Å². The molecule has 1 saturated heterocycles. The number of urea groups is 1. The van der Waals surface area contributed by atoms with Gasteiger partial charge in [-0.05, 0) is 37.5 Å². The van der Waals surface area contributed by atoms with E-state index in [4.69, 9.17) is 4.74 Å². The summed E-state index contributed by atoms with van der Waals surface area (Å²) in [6, 6.07) is 13.8. The average Bonchev–Trinajstić information content (AvgIpc) is 2.71. The predicted molar refractivity (Wildman–Crippen MR) is 109 cm³/mol. The van der Waals surface area contributed by atoms with E-state index < -0.39 is 0 Å². The van der Waals surface area contributed by atoms with Crippen molar-refractivity contribution in [1.29, 1.82) is 0 Å². The van der Waals surface area contributed by atoms with Gasteiger partial charge in [-0.25, -0.2) is 4.79 Å². The highest BCUT2D eigenvalue weighted by molar-refractivity contribution is 5.98. The van der Waals surface area contributed by atoms with Crippen molar-refractivity contribution < 1.29 is 14.3 Å².